The zero-order valence-electron chi connectivity index (χ0n) is 9.95. The summed E-state index contributed by atoms with van der Waals surface area (Å²) in [5.74, 6) is 0.435. The van der Waals surface area contributed by atoms with Crippen molar-refractivity contribution in [3.05, 3.63) is 0 Å². The van der Waals surface area contributed by atoms with E-state index < -0.39 is 6.10 Å². The SMILES string of the molecule is COC(C)C(=O)NC(CN)CC(C)C.Cl. The Labute approximate surface area is 98.3 Å². The van der Waals surface area contributed by atoms with Crippen LogP contribution in [0.25, 0.3) is 0 Å². The van der Waals surface area contributed by atoms with E-state index in [1.165, 1.54) is 7.11 Å². The van der Waals surface area contributed by atoms with Gasteiger partial charge in [0.1, 0.15) is 6.10 Å². The van der Waals surface area contributed by atoms with Crippen molar-refractivity contribution in [2.45, 2.75) is 39.3 Å². The molecule has 0 bridgehead atoms. The Kier molecular flexibility index (Phi) is 10.2. The molecular weight excluding hydrogens is 216 g/mol. The highest BCUT2D eigenvalue weighted by Gasteiger charge is 2.16. The second kappa shape index (κ2) is 8.95. The van der Waals surface area contributed by atoms with Gasteiger partial charge in [0, 0.05) is 19.7 Å². The average molecular weight is 239 g/mol. The molecule has 2 unspecified atom stereocenters. The predicted octanol–water partition coefficient (Wildman–Crippen LogP) is 0.933. The van der Waals surface area contributed by atoms with Crippen LogP contribution in [-0.2, 0) is 9.53 Å². The van der Waals surface area contributed by atoms with Crippen molar-refractivity contribution in [1.82, 2.24) is 5.32 Å². The topological polar surface area (TPSA) is 64.3 Å². The maximum absolute atomic E-state index is 11.4. The summed E-state index contributed by atoms with van der Waals surface area (Å²) < 4.78 is 4.91. The van der Waals surface area contributed by atoms with Gasteiger partial charge in [-0.3, -0.25) is 4.79 Å². The molecule has 0 spiro atoms. The van der Waals surface area contributed by atoms with Crippen molar-refractivity contribution in [3.63, 3.8) is 0 Å². The lowest BCUT2D eigenvalue weighted by Gasteiger charge is -2.20. The summed E-state index contributed by atoms with van der Waals surface area (Å²) in [4.78, 5) is 11.4. The maximum Gasteiger partial charge on any atom is 0.249 e. The Bertz CT molecular complexity index is 177. The van der Waals surface area contributed by atoms with E-state index in [0.29, 0.717) is 12.5 Å². The van der Waals surface area contributed by atoms with Gasteiger partial charge in [-0.1, -0.05) is 13.8 Å². The molecule has 0 aromatic rings. The van der Waals surface area contributed by atoms with E-state index in [-0.39, 0.29) is 24.4 Å². The van der Waals surface area contributed by atoms with E-state index in [1.54, 1.807) is 6.92 Å². The first kappa shape index (κ1) is 17.1. The molecule has 0 rings (SSSR count). The van der Waals surface area contributed by atoms with Crippen molar-refractivity contribution in [1.29, 1.82) is 0 Å². The molecule has 3 N–H and O–H groups in total. The Morgan fingerprint density at radius 2 is 1.93 bits per heavy atom. The van der Waals surface area contributed by atoms with E-state index in [4.69, 9.17) is 10.5 Å². The van der Waals surface area contributed by atoms with Crippen molar-refractivity contribution >= 4 is 18.3 Å². The van der Waals surface area contributed by atoms with Crippen LogP contribution in [0.2, 0.25) is 0 Å². The molecule has 0 aliphatic heterocycles. The summed E-state index contributed by atoms with van der Waals surface area (Å²) in [5, 5.41) is 2.86. The second-order valence-corrected chi connectivity index (χ2v) is 3.95. The lowest BCUT2D eigenvalue weighted by molar-refractivity contribution is -0.130. The number of nitrogens with one attached hydrogen (secondary N) is 1. The molecule has 0 heterocycles. The molecule has 0 aliphatic rings. The van der Waals surface area contributed by atoms with Crippen molar-refractivity contribution in [3.8, 4) is 0 Å². The molecule has 5 heteroatoms. The largest absolute Gasteiger partial charge is 0.372 e. The Morgan fingerprint density at radius 1 is 1.40 bits per heavy atom. The number of ether oxygens (including phenoxy) is 1. The van der Waals surface area contributed by atoms with Crippen molar-refractivity contribution in [2.24, 2.45) is 11.7 Å². The number of halogens is 1. The fourth-order valence-corrected chi connectivity index (χ4v) is 1.21. The van der Waals surface area contributed by atoms with Crippen LogP contribution in [0.1, 0.15) is 27.2 Å². The summed E-state index contributed by atoms with van der Waals surface area (Å²) in [5.41, 5.74) is 5.56. The average Bonchev–Trinajstić information content (AvgIpc) is 2.14. The van der Waals surface area contributed by atoms with Gasteiger partial charge in [-0.25, -0.2) is 0 Å². The molecule has 0 aromatic carbocycles. The first-order valence-corrected chi connectivity index (χ1v) is 5.04. The molecule has 2 atom stereocenters. The van der Waals surface area contributed by atoms with Gasteiger partial charge in [0.05, 0.1) is 0 Å². The fraction of sp³-hybridized carbons (Fsp3) is 0.900. The molecule has 1 amide bonds. The molecule has 15 heavy (non-hydrogen) atoms. The maximum atomic E-state index is 11.4. The molecule has 0 fully saturated rings. The normalized spacial score (nSPS) is 14.3. The highest BCUT2D eigenvalue weighted by atomic mass is 35.5. The van der Waals surface area contributed by atoms with Crippen LogP contribution in [0, 0.1) is 5.92 Å². The molecule has 4 nitrogen and oxygen atoms in total. The summed E-state index contributed by atoms with van der Waals surface area (Å²) in [7, 11) is 1.52. The van der Waals surface area contributed by atoms with Crippen LogP contribution in [0.5, 0.6) is 0 Å². The number of amides is 1. The Hall–Kier alpha value is -0.320. The fourth-order valence-electron chi connectivity index (χ4n) is 1.21. The minimum absolute atomic E-state index is 0. The number of rotatable bonds is 6. The van der Waals surface area contributed by atoms with Gasteiger partial charge in [0.25, 0.3) is 0 Å². The molecule has 0 saturated heterocycles. The third kappa shape index (κ3) is 7.59. The Morgan fingerprint density at radius 3 is 2.27 bits per heavy atom. The first-order chi connectivity index (χ1) is 6.51. The van der Waals surface area contributed by atoms with Crippen LogP contribution in [-0.4, -0.2) is 31.7 Å². The smallest absolute Gasteiger partial charge is 0.249 e. The standard InChI is InChI=1S/C10H22N2O2.ClH/c1-7(2)5-9(6-11)12-10(13)8(3)14-4;/h7-9H,5-6,11H2,1-4H3,(H,12,13);1H. The third-order valence-corrected chi connectivity index (χ3v) is 2.11. The number of hydrogen-bond donors (Lipinski definition) is 2. The minimum Gasteiger partial charge on any atom is -0.372 e. The Balaban J connectivity index is 0. The van der Waals surface area contributed by atoms with E-state index in [0.717, 1.165) is 6.42 Å². The molecule has 92 valence electrons. The highest BCUT2D eigenvalue weighted by molar-refractivity contribution is 5.85. The molecule has 0 aliphatic carbocycles. The van der Waals surface area contributed by atoms with Gasteiger partial charge < -0.3 is 15.8 Å². The number of carbonyl (C=O) groups is 1. The van der Waals surface area contributed by atoms with Gasteiger partial charge in [-0.15, -0.1) is 12.4 Å². The highest BCUT2D eigenvalue weighted by Crippen LogP contribution is 2.04. The number of hydrogen-bond acceptors (Lipinski definition) is 3. The van der Waals surface area contributed by atoms with Crippen LogP contribution < -0.4 is 11.1 Å². The van der Waals surface area contributed by atoms with Gasteiger partial charge in [-0.2, -0.15) is 0 Å². The van der Waals surface area contributed by atoms with Crippen LogP contribution >= 0.6 is 12.4 Å². The summed E-state index contributed by atoms with van der Waals surface area (Å²) in [6, 6.07) is 0.0556. The van der Waals surface area contributed by atoms with Crippen LogP contribution in [0.4, 0.5) is 0 Å². The number of methoxy groups -OCH3 is 1. The van der Waals surface area contributed by atoms with Gasteiger partial charge in [-0.05, 0) is 19.3 Å². The summed E-state index contributed by atoms with van der Waals surface area (Å²) >= 11 is 0. The third-order valence-electron chi connectivity index (χ3n) is 2.11. The van der Waals surface area contributed by atoms with Crippen molar-refractivity contribution in [2.75, 3.05) is 13.7 Å². The lowest BCUT2D eigenvalue weighted by Crippen LogP contribution is -2.45. The van der Waals surface area contributed by atoms with Crippen LogP contribution in [0.15, 0.2) is 0 Å². The predicted molar refractivity (Wildman–Crippen MR) is 64.2 cm³/mol. The monoisotopic (exact) mass is 238 g/mol. The van der Waals surface area contributed by atoms with E-state index in [2.05, 4.69) is 19.2 Å². The molecule has 0 aromatic heterocycles. The zero-order chi connectivity index (χ0) is 11.1. The van der Waals surface area contributed by atoms with Gasteiger partial charge in [0.15, 0.2) is 0 Å². The second-order valence-electron chi connectivity index (χ2n) is 3.95. The molecule has 0 radical (unpaired) electrons. The van der Waals surface area contributed by atoms with Gasteiger partial charge in [0.2, 0.25) is 5.91 Å². The van der Waals surface area contributed by atoms with E-state index >= 15 is 0 Å². The van der Waals surface area contributed by atoms with E-state index in [1.807, 2.05) is 0 Å². The molecular formula is C10H23ClN2O2. The summed E-state index contributed by atoms with van der Waals surface area (Å²) in [6.07, 6.45) is 0.495. The van der Waals surface area contributed by atoms with Gasteiger partial charge >= 0.3 is 0 Å². The lowest BCUT2D eigenvalue weighted by atomic mass is 10.0. The van der Waals surface area contributed by atoms with E-state index in [9.17, 15) is 4.79 Å². The molecule has 0 saturated carbocycles. The summed E-state index contributed by atoms with van der Waals surface area (Å²) in [6.45, 7) is 6.40. The number of nitrogens with two attached hydrogens (primary N) is 1. The van der Waals surface area contributed by atoms with Crippen molar-refractivity contribution < 1.29 is 9.53 Å². The minimum atomic E-state index is -0.406. The number of carbonyl (C=O) groups excluding carboxylic acids is 1. The van der Waals surface area contributed by atoms with Crippen LogP contribution in [0.3, 0.4) is 0 Å². The quantitative estimate of drug-likeness (QED) is 0.724. The first-order valence-electron chi connectivity index (χ1n) is 5.04. The zero-order valence-corrected chi connectivity index (χ0v) is 10.8.